The predicted molar refractivity (Wildman–Crippen MR) is 188 cm³/mol. The molecule has 0 fully saturated rings. The number of nitrogens with one attached hydrogen (secondary N) is 2. The van der Waals surface area contributed by atoms with Gasteiger partial charge in [0.2, 0.25) is 0 Å². The number of ether oxygens (including phenoxy) is 4. The van der Waals surface area contributed by atoms with Crippen LogP contribution in [0.15, 0.2) is 65.0 Å². The first-order valence-corrected chi connectivity index (χ1v) is 17.2. The zero-order valence-electron chi connectivity index (χ0n) is 27.8. The number of hydrogen-bond donors (Lipinski definition) is 2. The van der Waals surface area contributed by atoms with Crippen LogP contribution in [0.3, 0.4) is 0 Å². The highest BCUT2D eigenvalue weighted by atomic mass is 32.2. The summed E-state index contributed by atoms with van der Waals surface area (Å²) in [5.41, 5.74) is 9.71. The van der Waals surface area contributed by atoms with Gasteiger partial charge in [0.05, 0.1) is 72.8 Å². The molecule has 0 bridgehead atoms. The van der Waals surface area contributed by atoms with E-state index < -0.39 is 10.8 Å². The maximum absolute atomic E-state index is 12.7. The van der Waals surface area contributed by atoms with E-state index in [0.29, 0.717) is 5.16 Å². The van der Waals surface area contributed by atoms with Gasteiger partial charge in [0.15, 0.2) is 10.3 Å². The molecule has 47 heavy (non-hydrogen) atoms. The maximum Gasteiger partial charge on any atom is 0.197 e. The summed E-state index contributed by atoms with van der Waals surface area (Å²) in [4.78, 5) is 19.9. The van der Waals surface area contributed by atoms with Crippen molar-refractivity contribution in [3.63, 3.8) is 0 Å². The van der Waals surface area contributed by atoms with E-state index in [4.69, 9.17) is 18.9 Å². The second-order valence-corrected chi connectivity index (χ2v) is 13.2. The molecule has 0 radical (unpaired) electrons. The molecule has 3 aromatic heterocycles. The van der Waals surface area contributed by atoms with Crippen LogP contribution in [0, 0.1) is 27.7 Å². The van der Waals surface area contributed by atoms with Gasteiger partial charge in [-0.15, -0.1) is 0 Å². The first kappa shape index (κ1) is 33.8. The van der Waals surface area contributed by atoms with Crippen molar-refractivity contribution in [2.45, 2.75) is 49.5 Å². The second-order valence-electron chi connectivity index (χ2n) is 10.9. The maximum atomic E-state index is 12.7. The molecule has 1 atom stereocenters. The Balaban J connectivity index is 0.000000185. The summed E-state index contributed by atoms with van der Waals surface area (Å²) in [6.45, 7) is 8.03. The fourth-order valence-corrected chi connectivity index (χ4v) is 7.30. The summed E-state index contributed by atoms with van der Waals surface area (Å²) in [7, 11) is 5.29. The minimum absolute atomic E-state index is 0.277. The van der Waals surface area contributed by atoms with E-state index in [1.807, 2.05) is 50.2 Å². The highest BCUT2D eigenvalue weighted by Crippen LogP contribution is 2.31. The molecular formula is C35H39N5O5S2. The molecule has 0 aliphatic heterocycles. The molecule has 3 aromatic carbocycles. The molecule has 6 aromatic rings. The zero-order valence-corrected chi connectivity index (χ0v) is 29.4. The van der Waals surface area contributed by atoms with Crippen molar-refractivity contribution in [3.05, 3.63) is 88.2 Å². The number of thioether (sulfide) groups is 1. The predicted octanol–water partition coefficient (Wildman–Crippen LogP) is 7.39. The number of rotatable bonds is 10. The molecule has 0 aliphatic carbocycles. The summed E-state index contributed by atoms with van der Waals surface area (Å²) in [6, 6.07) is 15.6. The quantitative estimate of drug-likeness (QED) is 0.143. The molecule has 0 saturated heterocycles. The van der Waals surface area contributed by atoms with E-state index in [-0.39, 0.29) is 5.75 Å². The van der Waals surface area contributed by atoms with Gasteiger partial charge in [-0.1, -0.05) is 23.9 Å². The number of nitrogens with zero attached hydrogens (tertiary/aromatic N) is 3. The first-order valence-electron chi connectivity index (χ1n) is 14.9. The van der Waals surface area contributed by atoms with Crippen LogP contribution in [-0.2, 0) is 22.3 Å². The number of pyridine rings is 1. The van der Waals surface area contributed by atoms with Crippen molar-refractivity contribution in [2.24, 2.45) is 0 Å². The lowest BCUT2D eigenvalue weighted by atomic mass is 10.1. The number of fused-ring (bicyclic) bond motifs is 2. The molecule has 10 nitrogen and oxygen atoms in total. The Labute approximate surface area is 281 Å². The summed E-state index contributed by atoms with van der Waals surface area (Å²) in [6.07, 6.45) is 1.74. The molecule has 6 rings (SSSR count). The van der Waals surface area contributed by atoms with Crippen molar-refractivity contribution in [2.75, 3.05) is 28.4 Å². The third-order valence-electron chi connectivity index (χ3n) is 7.85. The van der Waals surface area contributed by atoms with Gasteiger partial charge < -0.3 is 28.9 Å². The number of aromatic amines is 2. The van der Waals surface area contributed by atoms with E-state index in [0.717, 1.165) is 78.4 Å². The number of imidazole rings is 2. The normalized spacial score (nSPS) is 11.7. The van der Waals surface area contributed by atoms with Gasteiger partial charge in [-0.2, -0.15) is 0 Å². The molecule has 2 N–H and O–H groups in total. The van der Waals surface area contributed by atoms with Crippen molar-refractivity contribution in [3.8, 4) is 23.0 Å². The Hall–Kier alpha value is -4.55. The minimum Gasteiger partial charge on any atom is -0.497 e. The Morgan fingerprint density at radius 2 is 1.34 bits per heavy atom. The average molecular weight is 674 g/mol. The lowest BCUT2D eigenvalue weighted by Crippen LogP contribution is -2.05. The van der Waals surface area contributed by atoms with E-state index in [1.54, 1.807) is 46.4 Å². The fourth-order valence-electron chi connectivity index (χ4n) is 5.25. The lowest BCUT2D eigenvalue weighted by Gasteiger charge is -2.12. The van der Waals surface area contributed by atoms with Crippen molar-refractivity contribution in [1.82, 2.24) is 24.9 Å². The molecule has 0 spiro atoms. The second kappa shape index (κ2) is 14.9. The highest BCUT2D eigenvalue weighted by Gasteiger charge is 2.16. The zero-order chi connectivity index (χ0) is 33.7. The summed E-state index contributed by atoms with van der Waals surface area (Å²) in [5, 5.41) is 1.34. The van der Waals surface area contributed by atoms with Gasteiger partial charge >= 0.3 is 0 Å². The number of benzene rings is 3. The van der Waals surface area contributed by atoms with E-state index in [9.17, 15) is 4.21 Å². The number of aromatic nitrogens is 5. The third-order valence-corrected chi connectivity index (χ3v) is 9.93. The molecule has 0 aliphatic rings. The number of aryl methyl sites for hydroxylation is 2. The van der Waals surface area contributed by atoms with Gasteiger partial charge in [0.25, 0.3) is 0 Å². The van der Waals surface area contributed by atoms with Gasteiger partial charge in [0, 0.05) is 35.2 Å². The van der Waals surface area contributed by atoms with Crippen molar-refractivity contribution >= 4 is 44.6 Å². The van der Waals surface area contributed by atoms with Crippen LogP contribution < -0.4 is 18.9 Å². The fraction of sp³-hybridized carbons (Fsp3) is 0.286. The molecule has 0 amide bonds. The van der Waals surface area contributed by atoms with E-state index >= 15 is 0 Å². The van der Waals surface area contributed by atoms with Crippen LogP contribution in [0.25, 0.3) is 22.1 Å². The van der Waals surface area contributed by atoms with Gasteiger partial charge in [-0.25, -0.2) is 9.97 Å². The van der Waals surface area contributed by atoms with Crippen LogP contribution in [0.1, 0.15) is 33.5 Å². The smallest absolute Gasteiger partial charge is 0.197 e. The Bertz CT molecular complexity index is 2060. The molecule has 12 heteroatoms. The van der Waals surface area contributed by atoms with Gasteiger partial charge in [-0.05, 0) is 68.7 Å². The third kappa shape index (κ3) is 7.55. The molecule has 246 valence electrons. The molecular weight excluding hydrogens is 635 g/mol. The summed E-state index contributed by atoms with van der Waals surface area (Å²) in [5.74, 6) is 4.43. The molecule has 1 unspecified atom stereocenters. The van der Waals surface area contributed by atoms with E-state index in [1.165, 1.54) is 11.1 Å². The summed E-state index contributed by atoms with van der Waals surface area (Å²) < 4.78 is 34.0. The number of methoxy groups -OCH3 is 4. The van der Waals surface area contributed by atoms with Crippen LogP contribution in [0.2, 0.25) is 0 Å². The number of hydrogen-bond acceptors (Lipinski definition) is 9. The average Bonchev–Trinajstić information content (AvgIpc) is 3.69. The summed E-state index contributed by atoms with van der Waals surface area (Å²) >= 11 is 1.69. The Kier molecular flexibility index (Phi) is 10.7. The van der Waals surface area contributed by atoms with Crippen LogP contribution >= 0.6 is 11.8 Å². The standard InChI is InChI=1S/C18H20N2O2S.C17H19N3O3S/c1-11-5-6-13(12(2)17(11)22-4)10-23-18-19-15-8-7-14(21-3)9-16(15)20-18;1-10-8-18-15(11(2)16(10)23-4)9-24(21)17-19-13-6-5-12(22-3)7-14(13)20-17/h5-9H,10H2,1-4H3,(H,19,20);5-8H,9H2,1-4H3,(H,19,20). The largest absolute Gasteiger partial charge is 0.497 e. The van der Waals surface area contributed by atoms with Crippen LogP contribution in [-0.4, -0.2) is 57.6 Å². The topological polar surface area (TPSA) is 124 Å². The Morgan fingerprint density at radius 3 is 1.98 bits per heavy atom. The minimum atomic E-state index is -1.33. The first-order chi connectivity index (χ1) is 22.6. The SMILES string of the molecule is COc1ccc2nc(S(=O)Cc3ncc(C)c(OC)c3C)[nH]c2c1.COc1ccc2nc(SCc3ccc(C)c(OC)c3C)[nH]c2c1. The van der Waals surface area contributed by atoms with Gasteiger partial charge in [-0.3, -0.25) is 9.19 Å². The van der Waals surface area contributed by atoms with Crippen molar-refractivity contribution < 1.29 is 23.2 Å². The highest BCUT2D eigenvalue weighted by molar-refractivity contribution is 7.98. The molecule has 3 heterocycles. The molecule has 0 saturated carbocycles. The lowest BCUT2D eigenvalue weighted by molar-refractivity contribution is 0.407. The van der Waals surface area contributed by atoms with Crippen molar-refractivity contribution in [1.29, 1.82) is 0 Å². The van der Waals surface area contributed by atoms with Crippen LogP contribution in [0.5, 0.6) is 23.0 Å². The Morgan fingerprint density at radius 1 is 0.723 bits per heavy atom. The monoisotopic (exact) mass is 673 g/mol. The van der Waals surface area contributed by atoms with E-state index in [2.05, 4.69) is 50.9 Å². The van der Waals surface area contributed by atoms with Gasteiger partial charge in [0.1, 0.15) is 23.0 Å². The van der Waals surface area contributed by atoms with Crippen LogP contribution in [0.4, 0.5) is 0 Å². The number of H-pyrrole nitrogens is 2.